The summed E-state index contributed by atoms with van der Waals surface area (Å²) < 4.78 is 0. The van der Waals surface area contributed by atoms with Crippen molar-refractivity contribution in [3.05, 3.63) is 54.2 Å². The molecule has 1 fully saturated rings. The number of likely N-dealkylation sites (tertiary alicyclic amines) is 1. The van der Waals surface area contributed by atoms with Crippen molar-refractivity contribution in [3.8, 4) is 11.3 Å². The molecule has 1 aliphatic heterocycles. The van der Waals surface area contributed by atoms with Gasteiger partial charge in [-0.15, -0.1) is 0 Å². The lowest BCUT2D eigenvalue weighted by molar-refractivity contribution is -0.144. The zero-order valence-corrected chi connectivity index (χ0v) is 14.4. The van der Waals surface area contributed by atoms with Gasteiger partial charge in [0.25, 0.3) is 0 Å². The van der Waals surface area contributed by atoms with Gasteiger partial charge in [-0.1, -0.05) is 24.3 Å². The molecule has 0 saturated carbocycles. The summed E-state index contributed by atoms with van der Waals surface area (Å²) in [6, 6.07) is 12.0. The summed E-state index contributed by atoms with van der Waals surface area (Å²) >= 11 is 0. The van der Waals surface area contributed by atoms with Crippen LogP contribution in [-0.2, 0) is 20.8 Å². The first-order valence-electron chi connectivity index (χ1n) is 8.68. The SMILES string of the molecule is NC(=O)C1C(=O)CCCCN1C(=O)Cc1cccc(-c2ccccn2)c1. The van der Waals surface area contributed by atoms with E-state index in [-0.39, 0.29) is 24.5 Å². The molecule has 1 saturated heterocycles. The quantitative estimate of drug-likeness (QED) is 0.849. The molecule has 1 aliphatic rings. The second-order valence-electron chi connectivity index (χ2n) is 6.41. The van der Waals surface area contributed by atoms with E-state index < -0.39 is 11.9 Å². The summed E-state index contributed by atoms with van der Waals surface area (Å²) in [4.78, 5) is 42.3. The lowest BCUT2D eigenvalue weighted by Crippen LogP contribution is -2.52. The molecule has 1 unspecified atom stereocenters. The van der Waals surface area contributed by atoms with Crippen molar-refractivity contribution in [2.24, 2.45) is 5.73 Å². The van der Waals surface area contributed by atoms with E-state index in [0.29, 0.717) is 19.4 Å². The number of Topliss-reactive ketones (excluding diaryl/α,β-unsaturated/α-hetero) is 1. The molecule has 0 radical (unpaired) electrons. The van der Waals surface area contributed by atoms with Crippen LogP contribution in [0.1, 0.15) is 24.8 Å². The van der Waals surface area contributed by atoms with E-state index in [2.05, 4.69) is 4.98 Å². The molecular weight excluding hydrogens is 330 g/mol. The highest BCUT2D eigenvalue weighted by Gasteiger charge is 2.35. The minimum Gasteiger partial charge on any atom is -0.367 e. The van der Waals surface area contributed by atoms with Crippen LogP contribution in [0, 0.1) is 0 Å². The average molecular weight is 351 g/mol. The molecule has 6 nitrogen and oxygen atoms in total. The van der Waals surface area contributed by atoms with E-state index in [1.165, 1.54) is 4.90 Å². The lowest BCUT2D eigenvalue weighted by Gasteiger charge is -2.26. The smallest absolute Gasteiger partial charge is 0.247 e. The van der Waals surface area contributed by atoms with Crippen molar-refractivity contribution < 1.29 is 14.4 Å². The summed E-state index contributed by atoms with van der Waals surface area (Å²) in [6.07, 6.45) is 3.47. The summed E-state index contributed by atoms with van der Waals surface area (Å²) in [6.45, 7) is 0.373. The number of carbonyl (C=O) groups excluding carboxylic acids is 3. The molecule has 26 heavy (non-hydrogen) atoms. The third-order valence-corrected chi connectivity index (χ3v) is 4.52. The van der Waals surface area contributed by atoms with Crippen LogP contribution < -0.4 is 5.73 Å². The Balaban J connectivity index is 1.80. The van der Waals surface area contributed by atoms with Crippen LogP contribution in [0.2, 0.25) is 0 Å². The van der Waals surface area contributed by atoms with Crippen LogP contribution in [-0.4, -0.2) is 40.1 Å². The molecule has 3 rings (SSSR count). The van der Waals surface area contributed by atoms with Crippen molar-refractivity contribution in [2.75, 3.05) is 6.54 Å². The molecule has 2 N–H and O–H groups in total. The highest BCUT2D eigenvalue weighted by atomic mass is 16.2. The number of rotatable bonds is 4. The fourth-order valence-corrected chi connectivity index (χ4v) is 3.25. The number of aromatic nitrogens is 1. The second kappa shape index (κ2) is 7.91. The second-order valence-corrected chi connectivity index (χ2v) is 6.41. The first-order valence-corrected chi connectivity index (χ1v) is 8.68. The maximum atomic E-state index is 12.8. The van der Waals surface area contributed by atoms with Crippen LogP contribution in [0.25, 0.3) is 11.3 Å². The summed E-state index contributed by atoms with van der Waals surface area (Å²) in [7, 11) is 0. The average Bonchev–Trinajstić information content (AvgIpc) is 2.84. The molecule has 2 aromatic rings. The molecule has 2 heterocycles. The van der Waals surface area contributed by atoms with Gasteiger partial charge in [0.15, 0.2) is 11.8 Å². The first-order chi connectivity index (χ1) is 12.6. The minimum absolute atomic E-state index is 0.109. The van der Waals surface area contributed by atoms with E-state index in [0.717, 1.165) is 16.8 Å². The molecule has 1 aromatic carbocycles. The monoisotopic (exact) mass is 351 g/mol. The predicted octanol–water partition coefficient (Wildman–Crippen LogP) is 1.73. The van der Waals surface area contributed by atoms with Crippen LogP contribution in [0.3, 0.4) is 0 Å². The predicted molar refractivity (Wildman–Crippen MR) is 96.9 cm³/mol. The number of amides is 2. The third kappa shape index (κ3) is 3.96. The van der Waals surface area contributed by atoms with Gasteiger partial charge in [0, 0.05) is 24.7 Å². The number of hydrogen-bond donors (Lipinski definition) is 1. The van der Waals surface area contributed by atoms with E-state index in [9.17, 15) is 14.4 Å². The normalized spacial score (nSPS) is 17.6. The number of benzene rings is 1. The number of carbonyl (C=O) groups is 3. The van der Waals surface area contributed by atoms with E-state index in [4.69, 9.17) is 5.73 Å². The van der Waals surface area contributed by atoms with Gasteiger partial charge in [-0.05, 0) is 36.6 Å². The fraction of sp³-hybridized carbons (Fsp3) is 0.300. The third-order valence-electron chi connectivity index (χ3n) is 4.52. The Morgan fingerprint density at radius 3 is 2.73 bits per heavy atom. The Labute approximate surface area is 152 Å². The highest BCUT2D eigenvalue weighted by Crippen LogP contribution is 2.20. The summed E-state index contributed by atoms with van der Waals surface area (Å²) in [5, 5.41) is 0. The molecule has 0 aliphatic carbocycles. The van der Waals surface area contributed by atoms with Gasteiger partial charge < -0.3 is 10.6 Å². The van der Waals surface area contributed by atoms with Crippen molar-refractivity contribution in [1.82, 2.24) is 9.88 Å². The number of nitrogens with two attached hydrogens (primary N) is 1. The van der Waals surface area contributed by atoms with Crippen molar-refractivity contribution in [3.63, 3.8) is 0 Å². The number of pyridine rings is 1. The van der Waals surface area contributed by atoms with Gasteiger partial charge in [0.05, 0.1) is 12.1 Å². The Kier molecular flexibility index (Phi) is 5.41. The maximum Gasteiger partial charge on any atom is 0.247 e. The van der Waals surface area contributed by atoms with Gasteiger partial charge in [0.1, 0.15) is 0 Å². The number of nitrogens with zero attached hydrogens (tertiary/aromatic N) is 2. The van der Waals surface area contributed by atoms with Crippen LogP contribution in [0.15, 0.2) is 48.7 Å². The summed E-state index contributed by atoms with van der Waals surface area (Å²) in [5.41, 5.74) is 7.92. The van der Waals surface area contributed by atoms with Gasteiger partial charge in [-0.2, -0.15) is 0 Å². The Morgan fingerprint density at radius 2 is 2.00 bits per heavy atom. The summed E-state index contributed by atoms with van der Waals surface area (Å²) in [5.74, 6) is -1.29. The molecule has 0 bridgehead atoms. The Morgan fingerprint density at radius 1 is 1.15 bits per heavy atom. The molecule has 1 aromatic heterocycles. The molecule has 0 spiro atoms. The lowest BCUT2D eigenvalue weighted by atomic mass is 10.0. The van der Waals surface area contributed by atoms with Crippen molar-refractivity contribution in [2.45, 2.75) is 31.7 Å². The van der Waals surface area contributed by atoms with Crippen LogP contribution >= 0.6 is 0 Å². The zero-order chi connectivity index (χ0) is 18.5. The van der Waals surface area contributed by atoms with E-state index in [1.807, 2.05) is 42.5 Å². The van der Waals surface area contributed by atoms with Gasteiger partial charge >= 0.3 is 0 Å². The van der Waals surface area contributed by atoms with Crippen molar-refractivity contribution in [1.29, 1.82) is 0 Å². The van der Waals surface area contributed by atoms with Crippen molar-refractivity contribution >= 4 is 17.6 Å². The first kappa shape index (κ1) is 17.8. The zero-order valence-electron chi connectivity index (χ0n) is 14.4. The Hall–Kier alpha value is -3.02. The fourth-order valence-electron chi connectivity index (χ4n) is 3.25. The maximum absolute atomic E-state index is 12.8. The molecule has 1 atom stereocenters. The topological polar surface area (TPSA) is 93.4 Å². The largest absolute Gasteiger partial charge is 0.367 e. The van der Waals surface area contributed by atoms with E-state index >= 15 is 0 Å². The standard InChI is InChI=1S/C20H21N3O3/c21-20(26)19-17(24)9-2-4-11-23(19)18(25)13-14-6-5-7-15(12-14)16-8-1-3-10-22-16/h1,3,5-8,10,12,19H,2,4,9,11,13H2,(H2,21,26). The van der Waals surface area contributed by atoms with Gasteiger partial charge in [0.2, 0.25) is 11.8 Å². The Bertz CT molecular complexity index is 820. The van der Waals surface area contributed by atoms with Gasteiger partial charge in [-0.25, -0.2) is 0 Å². The minimum atomic E-state index is -1.15. The number of hydrogen-bond acceptors (Lipinski definition) is 4. The van der Waals surface area contributed by atoms with E-state index in [1.54, 1.807) is 6.20 Å². The highest BCUT2D eigenvalue weighted by molar-refractivity contribution is 6.07. The molecule has 2 amide bonds. The van der Waals surface area contributed by atoms with Crippen LogP contribution in [0.4, 0.5) is 0 Å². The molecular formula is C20H21N3O3. The number of primary amides is 1. The van der Waals surface area contributed by atoms with Gasteiger partial charge in [-0.3, -0.25) is 19.4 Å². The van der Waals surface area contributed by atoms with Crippen LogP contribution in [0.5, 0.6) is 0 Å². The molecule has 134 valence electrons. The molecule has 6 heteroatoms. The number of ketones is 1.